The number of morpholine rings is 1. The summed E-state index contributed by atoms with van der Waals surface area (Å²) in [5, 5.41) is 8.96. The predicted octanol–water partition coefficient (Wildman–Crippen LogP) is 0.0373. The molecule has 0 bridgehead atoms. The number of aryl methyl sites for hydroxylation is 1. The van der Waals surface area contributed by atoms with E-state index in [-0.39, 0.29) is 12.5 Å². The largest absolute Gasteiger partial charge is 0.396 e. The predicted molar refractivity (Wildman–Crippen MR) is 98.0 cm³/mol. The van der Waals surface area contributed by atoms with Crippen LogP contribution >= 0.6 is 0 Å². The van der Waals surface area contributed by atoms with Crippen molar-refractivity contribution in [1.29, 1.82) is 0 Å². The van der Waals surface area contributed by atoms with E-state index in [1.807, 2.05) is 11.8 Å². The van der Waals surface area contributed by atoms with Crippen LogP contribution in [0.3, 0.4) is 0 Å². The van der Waals surface area contributed by atoms with Gasteiger partial charge >= 0.3 is 0 Å². The topological polar surface area (TPSA) is 105 Å². The van der Waals surface area contributed by atoms with Crippen LogP contribution in [0.4, 0.5) is 5.82 Å². The summed E-state index contributed by atoms with van der Waals surface area (Å²) in [6.45, 7) is 6.39. The Morgan fingerprint density at radius 2 is 2.00 bits per heavy atom. The lowest BCUT2D eigenvalue weighted by Gasteiger charge is -2.34. The lowest BCUT2D eigenvalue weighted by Crippen LogP contribution is -2.47. The minimum absolute atomic E-state index is 0.0616. The standard InChI is InChI=1S/C18H29N5O3/c1-13-20-16(12-17(21-13)22-7-10-26-11-8-22)14-2-5-23(6-3-14)18(25)15(19)4-9-24/h12,14-15,24H,2-11,19H2,1H3/t15-/m0/s1. The molecular weight excluding hydrogens is 334 g/mol. The summed E-state index contributed by atoms with van der Waals surface area (Å²) >= 11 is 0. The summed E-state index contributed by atoms with van der Waals surface area (Å²) in [7, 11) is 0. The Balaban J connectivity index is 1.64. The first-order chi connectivity index (χ1) is 12.6. The number of ether oxygens (including phenoxy) is 1. The Morgan fingerprint density at radius 3 is 2.65 bits per heavy atom. The van der Waals surface area contributed by atoms with E-state index in [1.165, 1.54) is 0 Å². The van der Waals surface area contributed by atoms with E-state index in [0.29, 0.717) is 25.4 Å². The minimum Gasteiger partial charge on any atom is -0.396 e. The molecular formula is C18H29N5O3. The van der Waals surface area contributed by atoms with Crippen LogP contribution in [0, 0.1) is 6.92 Å². The number of anilines is 1. The second-order valence-electron chi connectivity index (χ2n) is 7.02. The number of aliphatic hydroxyl groups excluding tert-OH is 1. The van der Waals surface area contributed by atoms with Gasteiger partial charge in [0.2, 0.25) is 5.91 Å². The zero-order valence-corrected chi connectivity index (χ0v) is 15.4. The lowest BCUT2D eigenvalue weighted by atomic mass is 9.92. The van der Waals surface area contributed by atoms with Gasteiger partial charge in [-0.1, -0.05) is 0 Å². The molecule has 1 aromatic heterocycles. The van der Waals surface area contributed by atoms with Crippen LogP contribution in [-0.2, 0) is 9.53 Å². The number of rotatable bonds is 5. The molecule has 8 heteroatoms. The molecule has 1 atom stereocenters. The number of hydrogen-bond donors (Lipinski definition) is 2. The van der Waals surface area contributed by atoms with Gasteiger partial charge in [-0.3, -0.25) is 4.79 Å². The molecule has 2 saturated heterocycles. The van der Waals surface area contributed by atoms with Crippen LogP contribution in [0.1, 0.15) is 36.7 Å². The average Bonchev–Trinajstić information content (AvgIpc) is 2.68. The molecule has 2 aliphatic rings. The number of nitrogens with two attached hydrogens (primary N) is 1. The van der Waals surface area contributed by atoms with Gasteiger partial charge in [-0.25, -0.2) is 9.97 Å². The van der Waals surface area contributed by atoms with Crippen molar-refractivity contribution < 1.29 is 14.6 Å². The van der Waals surface area contributed by atoms with Crippen LogP contribution < -0.4 is 10.6 Å². The van der Waals surface area contributed by atoms with Gasteiger partial charge in [0, 0.05) is 50.5 Å². The molecule has 0 radical (unpaired) electrons. The number of carbonyl (C=O) groups excluding carboxylic acids is 1. The number of nitrogens with zero attached hydrogens (tertiary/aromatic N) is 4. The first-order valence-corrected chi connectivity index (χ1v) is 9.42. The first kappa shape index (κ1) is 19.0. The quantitative estimate of drug-likeness (QED) is 0.761. The molecule has 3 rings (SSSR count). The molecule has 0 saturated carbocycles. The van der Waals surface area contributed by atoms with Gasteiger partial charge in [-0.05, 0) is 26.2 Å². The highest BCUT2D eigenvalue weighted by molar-refractivity contribution is 5.81. The van der Waals surface area contributed by atoms with Crippen molar-refractivity contribution in [3.63, 3.8) is 0 Å². The van der Waals surface area contributed by atoms with E-state index in [1.54, 1.807) is 0 Å². The van der Waals surface area contributed by atoms with Gasteiger partial charge in [0.05, 0.1) is 19.3 Å². The highest BCUT2D eigenvalue weighted by atomic mass is 16.5. The van der Waals surface area contributed by atoms with Gasteiger partial charge < -0.3 is 25.4 Å². The number of likely N-dealkylation sites (tertiary alicyclic amines) is 1. The number of piperidine rings is 1. The molecule has 26 heavy (non-hydrogen) atoms. The van der Waals surface area contributed by atoms with Gasteiger partial charge in [-0.2, -0.15) is 0 Å². The second kappa shape index (κ2) is 8.75. The number of amides is 1. The summed E-state index contributed by atoms with van der Waals surface area (Å²) in [6, 6.07) is 1.49. The monoisotopic (exact) mass is 363 g/mol. The molecule has 1 amide bonds. The number of aliphatic hydroxyl groups is 1. The molecule has 8 nitrogen and oxygen atoms in total. The van der Waals surface area contributed by atoms with Crippen LogP contribution in [-0.4, -0.2) is 77.9 Å². The SMILES string of the molecule is Cc1nc(C2CCN(C(=O)[C@@H](N)CCO)CC2)cc(N2CCOCC2)n1. The summed E-state index contributed by atoms with van der Waals surface area (Å²) < 4.78 is 5.42. The van der Waals surface area contributed by atoms with Crippen LogP contribution in [0.25, 0.3) is 0 Å². The Bertz CT molecular complexity index is 613. The van der Waals surface area contributed by atoms with Gasteiger partial charge in [0.1, 0.15) is 11.6 Å². The fourth-order valence-electron chi connectivity index (χ4n) is 3.63. The minimum atomic E-state index is -0.606. The maximum atomic E-state index is 12.3. The van der Waals surface area contributed by atoms with Gasteiger partial charge in [-0.15, -0.1) is 0 Å². The highest BCUT2D eigenvalue weighted by Gasteiger charge is 2.28. The summed E-state index contributed by atoms with van der Waals surface area (Å²) in [5.74, 6) is 2.02. The molecule has 0 unspecified atom stereocenters. The normalized spacial score (nSPS) is 20.3. The van der Waals surface area contributed by atoms with Crippen molar-refractivity contribution in [1.82, 2.24) is 14.9 Å². The van der Waals surface area contributed by atoms with Crippen LogP contribution in [0.2, 0.25) is 0 Å². The third-order valence-corrected chi connectivity index (χ3v) is 5.16. The first-order valence-electron chi connectivity index (χ1n) is 9.42. The van der Waals surface area contributed by atoms with Crippen molar-refractivity contribution in [2.45, 2.75) is 38.1 Å². The van der Waals surface area contributed by atoms with E-state index in [9.17, 15) is 4.79 Å². The van der Waals surface area contributed by atoms with Crippen LogP contribution in [0.15, 0.2) is 6.07 Å². The molecule has 0 aromatic carbocycles. The summed E-state index contributed by atoms with van der Waals surface area (Å²) in [4.78, 5) is 25.6. The lowest BCUT2D eigenvalue weighted by molar-refractivity contribution is -0.134. The average molecular weight is 363 g/mol. The number of hydrogen-bond acceptors (Lipinski definition) is 7. The Kier molecular flexibility index (Phi) is 6.39. The number of carbonyl (C=O) groups is 1. The van der Waals surface area contributed by atoms with Gasteiger partial charge in [0.25, 0.3) is 0 Å². The molecule has 0 aliphatic carbocycles. The zero-order valence-electron chi connectivity index (χ0n) is 15.4. The molecule has 3 N–H and O–H groups in total. The smallest absolute Gasteiger partial charge is 0.239 e. The van der Waals surface area contributed by atoms with Gasteiger partial charge in [0.15, 0.2) is 0 Å². The van der Waals surface area contributed by atoms with Crippen molar-refractivity contribution in [3.05, 3.63) is 17.6 Å². The third-order valence-electron chi connectivity index (χ3n) is 5.16. The van der Waals surface area contributed by atoms with Crippen LogP contribution in [0.5, 0.6) is 0 Å². The fraction of sp³-hybridized carbons (Fsp3) is 0.722. The zero-order chi connectivity index (χ0) is 18.5. The molecule has 2 aliphatic heterocycles. The molecule has 1 aromatic rings. The Labute approximate surface area is 154 Å². The Morgan fingerprint density at radius 1 is 1.31 bits per heavy atom. The molecule has 3 heterocycles. The van der Waals surface area contributed by atoms with E-state index >= 15 is 0 Å². The third kappa shape index (κ3) is 4.49. The molecule has 0 spiro atoms. The van der Waals surface area contributed by atoms with Crippen molar-refractivity contribution >= 4 is 11.7 Å². The maximum Gasteiger partial charge on any atom is 0.239 e. The summed E-state index contributed by atoms with van der Waals surface area (Å²) in [5.41, 5.74) is 6.90. The highest BCUT2D eigenvalue weighted by Crippen LogP contribution is 2.29. The van der Waals surface area contributed by atoms with E-state index in [0.717, 1.165) is 56.5 Å². The summed E-state index contributed by atoms with van der Waals surface area (Å²) in [6.07, 6.45) is 2.06. The van der Waals surface area contributed by atoms with E-state index in [2.05, 4.69) is 20.9 Å². The number of aromatic nitrogens is 2. The fourth-order valence-corrected chi connectivity index (χ4v) is 3.63. The Hall–Kier alpha value is -1.77. The molecule has 144 valence electrons. The molecule has 2 fully saturated rings. The van der Waals surface area contributed by atoms with Crippen molar-refractivity contribution in [2.24, 2.45) is 5.73 Å². The second-order valence-corrected chi connectivity index (χ2v) is 7.02. The maximum absolute atomic E-state index is 12.3. The van der Waals surface area contributed by atoms with E-state index in [4.69, 9.17) is 15.6 Å². The van der Waals surface area contributed by atoms with E-state index < -0.39 is 6.04 Å². The van der Waals surface area contributed by atoms with Crippen molar-refractivity contribution in [2.75, 3.05) is 50.9 Å². The van der Waals surface area contributed by atoms with Crippen molar-refractivity contribution in [3.8, 4) is 0 Å².